The Morgan fingerprint density at radius 1 is 1.23 bits per heavy atom. The van der Waals surface area contributed by atoms with Crippen molar-refractivity contribution in [1.29, 1.82) is 0 Å². The maximum absolute atomic E-state index is 12.8. The summed E-state index contributed by atoms with van der Waals surface area (Å²) in [4.78, 5) is 31.6. The first kappa shape index (κ1) is 18.7. The van der Waals surface area contributed by atoms with Gasteiger partial charge in [0.15, 0.2) is 0 Å². The lowest BCUT2D eigenvalue weighted by atomic mass is 9.88. The fraction of sp³-hybridized carbons (Fsp3) is 0.650. The minimum atomic E-state index is -0.336. The second kappa shape index (κ2) is 9.01. The second-order valence-electron chi connectivity index (χ2n) is 7.14. The monoisotopic (exact) mass is 359 g/mol. The van der Waals surface area contributed by atoms with E-state index in [-0.39, 0.29) is 23.8 Å². The molecule has 0 bridgehead atoms. The summed E-state index contributed by atoms with van der Waals surface area (Å²) in [5.41, 5.74) is 0.853. The molecule has 3 rings (SSSR count). The molecule has 6 nitrogen and oxygen atoms in total. The molecule has 0 unspecified atom stereocenters. The Bertz CT molecular complexity index is 628. The third-order valence-corrected chi connectivity index (χ3v) is 5.38. The molecule has 0 aromatic carbocycles. The van der Waals surface area contributed by atoms with E-state index in [1.165, 1.54) is 6.42 Å². The normalized spacial score (nSPS) is 20.8. The summed E-state index contributed by atoms with van der Waals surface area (Å²) in [5.74, 6) is 0.772. The molecule has 0 spiro atoms. The van der Waals surface area contributed by atoms with Crippen molar-refractivity contribution in [3.05, 3.63) is 23.9 Å². The molecule has 2 heterocycles. The average Bonchev–Trinajstić information content (AvgIpc) is 3.17. The third kappa shape index (κ3) is 4.34. The molecule has 2 amide bonds. The molecule has 1 aromatic heterocycles. The van der Waals surface area contributed by atoms with Gasteiger partial charge in [0.25, 0.3) is 0 Å². The van der Waals surface area contributed by atoms with Crippen LogP contribution in [0.1, 0.15) is 57.4 Å². The zero-order valence-electron chi connectivity index (χ0n) is 15.6. The summed E-state index contributed by atoms with van der Waals surface area (Å²) in [5, 5.41) is 2.97. The van der Waals surface area contributed by atoms with Crippen molar-refractivity contribution in [2.24, 2.45) is 5.92 Å². The number of amides is 2. The zero-order chi connectivity index (χ0) is 18.4. The van der Waals surface area contributed by atoms with Crippen LogP contribution in [0.15, 0.2) is 18.3 Å². The van der Waals surface area contributed by atoms with Gasteiger partial charge in [-0.1, -0.05) is 25.3 Å². The van der Waals surface area contributed by atoms with Crippen LogP contribution in [-0.2, 0) is 16.1 Å². The van der Waals surface area contributed by atoms with E-state index in [4.69, 9.17) is 4.74 Å². The highest BCUT2D eigenvalue weighted by molar-refractivity contribution is 5.89. The number of aromatic nitrogens is 1. The van der Waals surface area contributed by atoms with Crippen LogP contribution in [0.25, 0.3) is 0 Å². The molecule has 2 fully saturated rings. The number of hydrogen-bond acceptors (Lipinski definition) is 4. The lowest BCUT2D eigenvalue weighted by molar-refractivity contribution is -0.142. The van der Waals surface area contributed by atoms with Crippen LogP contribution in [0.3, 0.4) is 0 Å². The molecule has 2 aliphatic rings. The Balaban J connectivity index is 1.59. The fourth-order valence-corrected chi connectivity index (χ4v) is 4.01. The van der Waals surface area contributed by atoms with Crippen molar-refractivity contribution >= 4 is 11.8 Å². The molecule has 1 aliphatic carbocycles. The van der Waals surface area contributed by atoms with Crippen LogP contribution in [-0.4, -0.2) is 40.9 Å². The topological polar surface area (TPSA) is 71.5 Å². The summed E-state index contributed by atoms with van der Waals surface area (Å²) in [6, 6.07) is 3.40. The molecule has 1 aromatic rings. The minimum Gasteiger partial charge on any atom is -0.478 e. The van der Waals surface area contributed by atoms with Gasteiger partial charge in [-0.05, 0) is 38.7 Å². The first-order valence-electron chi connectivity index (χ1n) is 9.85. The lowest BCUT2D eigenvalue weighted by Crippen LogP contribution is -2.48. The van der Waals surface area contributed by atoms with Crippen LogP contribution in [0, 0.1) is 5.92 Å². The number of ether oxygens (including phenoxy) is 1. The van der Waals surface area contributed by atoms with Gasteiger partial charge < -0.3 is 15.0 Å². The van der Waals surface area contributed by atoms with Gasteiger partial charge in [-0.15, -0.1) is 0 Å². The van der Waals surface area contributed by atoms with Gasteiger partial charge in [-0.3, -0.25) is 9.59 Å². The first-order valence-corrected chi connectivity index (χ1v) is 9.85. The van der Waals surface area contributed by atoms with Gasteiger partial charge in [0.1, 0.15) is 6.04 Å². The van der Waals surface area contributed by atoms with E-state index in [0.717, 1.165) is 44.1 Å². The van der Waals surface area contributed by atoms with Gasteiger partial charge in [0.2, 0.25) is 17.7 Å². The van der Waals surface area contributed by atoms with Crippen LogP contribution in [0.5, 0.6) is 5.88 Å². The largest absolute Gasteiger partial charge is 0.478 e. The van der Waals surface area contributed by atoms with Crippen LogP contribution >= 0.6 is 0 Å². The molecule has 1 saturated carbocycles. The van der Waals surface area contributed by atoms with E-state index in [0.29, 0.717) is 25.6 Å². The summed E-state index contributed by atoms with van der Waals surface area (Å²) in [7, 11) is 0. The number of nitrogens with one attached hydrogen (secondary N) is 1. The van der Waals surface area contributed by atoms with Gasteiger partial charge in [-0.2, -0.15) is 0 Å². The number of hydrogen-bond donors (Lipinski definition) is 1. The summed E-state index contributed by atoms with van der Waals surface area (Å²) in [6.45, 7) is 3.50. The van der Waals surface area contributed by atoms with Crippen LogP contribution < -0.4 is 10.1 Å². The van der Waals surface area contributed by atoms with Gasteiger partial charge in [0, 0.05) is 30.8 Å². The number of rotatable bonds is 6. The highest BCUT2D eigenvalue weighted by Crippen LogP contribution is 2.29. The molecular weight excluding hydrogens is 330 g/mol. The molecular formula is C20H29N3O3. The van der Waals surface area contributed by atoms with Gasteiger partial charge in [0.05, 0.1) is 6.61 Å². The van der Waals surface area contributed by atoms with E-state index < -0.39 is 0 Å². The van der Waals surface area contributed by atoms with Crippen molar-refractivity contribution in [2.75, 3.05) is 13.2 Å². The average molecular weight is 359 g/mol. The molecule has 1 saturated heterocycles. The van der Waals surface area contributed by atoms with Crippen LogP contribution in [0.4, 0.5) is 0 Å². The van der Waals surface area contributed by atoms with E-state index in [2.05, 4.69) is 10.3 Å². The Labute approximate surface area is 155 Å². The minimum absolute atomic E-state index is 0.0713. The van der Waals surface area contributed by atoms with Crippen molar-refractivity contribution in [1.82, 2.24) is 15.2 Å². The summed E-state index contributed by atoms with van der Waals surface area (Å²) in [6.07, 6.45) is 8.74. The number of carbonyl (C=O) groups excluding carboxylic acids is 2. The number of carbonyl (C=O) groups is 2. The maximum Gasteiger partial charge on any atom is 0.243 e. The Morgan fingerprint density at radius 3 is 2.81 bits per heavy atom. The third-order valence-electron chi connectivity index (χ3n) is 5.38. The number of nitrogens with zero attached hydrogens (tertiary/aromatic N) is 2. The van der Waals surface area contributed by atoms with Crippen LogP contribution in [0.2, 0.25) is 0 Å². The van der Waals surface area contributed by atoms with Gasteiger partial charge in [-0.25, -0.2) is 4.98 Å². The van der Waals surface area contributed by atoms with Crippen molar-refractivity contribution in [2.45, 2.75) is 64.5 Å². The molecule has 1 atom stereocenters. The Kier molecular flexibility index (Phi) is 6.47. The van der Waals surface area contributed by atoms with E-state index in [1.54, 1.807) is 6.20 Å². The van der Waals surface area contributed by atoms with Crippen molar-refractivity contribution in [3.63, 3.8) is 0 Å². The predicted octanol–water partition coefficient (Wildman–Crippen LogP) is 2.67. The molecule has 1 aliphatic heterocycles. The zero-order valence-corrected chi connectivity index (χ0v) is 15.6. The maximum atomic E-state index is 12.8. The van der Waals surface area contributed by atoms with Crippen molar-refractivity contribution in [3.8, 4) is 5.88 Å². The Morgan fingerprint density at radius 2 is 2.04 bits per heavy atom. The molecule has 1 N–H and O–H groups in total. The number of likely N-dealkylation sites (tertiary alicyclic amines) is 1. The summed E-state index contributed by atoms with van der Waals surface area (Å²) < 4.78 is 5.51. The summed E-state index contributed by atoms with van der Waals surface area (Å²) >= 11 is 0. The standard InChI is InChI=1S/C20H29N3O3/c1-2-26-19-16(10-6-12-21-19)14-22-18(24)17-11-7-13-23(17)20(25)15-8-4-3-5-9-15/h6,10,12,15,17H,2-5,7-9,11,13-14H2,1H3,(H,22,24)/t17-/m1/s1. The van der Waals surface area contributed by atoms with Crippen molar-refractivity contribution < 1.29 is 14.3 Å². The molecule has 26 heavy (non-hydrogen) atoms. The molecule has 6 heteroatoms. The van der Waals surface area contributed by atoms with E-state index in [9.17, 15) is 9.59 Å². The van der Waals surface area contributed by atoms with E-state index >= 15 is 0 Å². The fourth-order valence-electron chi connectivity index (χ4n) is 4.01. The Hall–Kier alpha value is -2.11. The van der Waals surface area contributed by atoms with E-state index in [1.807, 2.05) is 24.0 Å². The lowest BCUT2D eigenvalue weighted by Gasteiger charge is -2.30. The quantitative estimate of drug-likeness (QED) is 0.848. The second-order valence-corrected chi connectivity index (χ2v) is 7.14. The number of pyridine rings is 1. The molecule has 142 valence electrons. The smallest absolute Gasteiger partial charge is 0.243 e. The molecule has 0 radical (unpaired) electrons. The SMILES string of the molecule is CCOc1ncccc1CNC(=O)[C@H]1CCCN1C(=O)C1CCCCC1. The highest BCUT2D eigenvalue weighted by atomic mass is 16.5. The predicted molar refractivity (Wildman–Crippen MR) is 98.6 cm³/mol. The first-order chi connectivity index (χ1) is 12.7. The highest BCUT2D eigenvalue weighted by Gasteiger charge is 2.37. The van der Waals surface area contributed by atoms with Gasteiger partial charge >= 0.3 is 0 Å².